The van der Waals surface area contributed by atoms with Gasteiger partial charge in [0.15, 0.2) is 0 Å². The van der Waals surface area contributed by atoms with Gasteiger partial charge < -0.3 is 10.5 Å². The third kappa shape index (κ3) is 18.6. The van der Waals surface area contributed by atoms with Gasteiger partial charge in [-0.15, -0.1) is 0 Å². The van der Waals surface area contributed by atoms with Gasteiger partial charge in [-0.3, -0.25) is 0 Å². The minimum absolute atomic E-state index is 0. The van der Waals surface area contributed by atoms with Gasteiger partial charge in [0.05, 0.1) is 6.61 Å². The van der Waals surface area contributed by atoms with Crippen LogP contribution in [0.5, 0.6) is 0 Å². The number of carbonyl (C=O) groups is 1. The Hall–Kier alpha value is -0.730. The Bertz CT molecular complexity index is 54.4. The minimum atomic E-state index is -0.711. The maximum Gasteiger partial charge on any atom is 0.404 e. The number of hydrogen-bond donors (Lipinski definition) is 1. The first-order valence-electron chi connectivity index (χ1n) is 1.69. The van der Waals surface area contributed by atoms with Crippen molar-refractivity contribution in [3.05, 3.63) is 14.9 Å². The molecule has 0 saturated heterocycles. The van der Waals surface area contributed by atoms with Crippen LogP contribution in [0.15, 0.2) is 0 Å². The van der Waals surface area contributed by atoms with E-state index >= 15 is 0 Å². The standard InChI is InChI=1S/C3H7NO2.2C/c1-2-6-3(4)5;;/h2H2,1H3,(H2,4,5);;. The van der Waals surface area contributed by atoms with Crippen molar-refractivity contribution < 1.29 is 9.53 Å². The second kappa shape index (κ2) is 9.55. The van der Waals surface area contributed by atoms with Crippen molar-refractivity contribution in [3.63, 3.8) is 0 Å². The van der Waals surface area contributed by atoms with E-state index in [0.717, 1.165) is 0 Å². The van der Waals surface area contributed by atoms with Crippen molar-refractivity contribution in [2.24, 2.45) is 5.73 Å². The van der Waals surface area contributed by atoms with Crippen LogP contribution in [-0.2, 0) is 4.74 Å². The van der Waals surface area contributed by atoms with E-state index in [2.05, 4.69) is 10.5 Å². The fourth-order valence-corrected chi connectivity index (χ4v) is 0.142. The van der Waals surface area contributed by atoms with Gasteiger partial charge in [-0.05, 0) is 6.92 Å². The summed E-state index contributed by atoms with van der Waals surface area (Å²) in [5.74, 6) is 0. The summed E-state index contributed by atoms with van der Waals surface area (Å²) in [6.07, 6.45) is -0.711. The molecule has 0 unspecified atom stereocenters. The molecule has 0 spiro atoms. The number of carbonyl (C=O) groups excluding carboxylic acids is 1. The summed E-state index contributed by atoms with van der Waals surface area (Å²) >= 11 is 0. The number of nitrogens with two attached hydrogens (primary N) is 1. The van der Waals surface area contributed by atoms with Gasteiger partial charge in [-0.25, -0.2) is 4.79 Å². The average molecular weight is 113 g/mol. The fraction of sp³-hybridized carbons (Fsp3) is 0.400. The minimum Gasteiger partial charge on any atom is -0.450 e. The SMILES string of the molecule is CCOC(N)=O.[C].[C]. The number of ether oxygens (including phenoxy) is 1. The van der Waals surface area contributed by atoms with Gasteiger partial charge in [0.1, 0.15) is 0 Å². The quantitative estimate of drug-likeness (QED) is 0.530. The van der Waals surface area contributed by atoms with Crippen LogP contribution in [-0.4, -0.2) is 12.7 Å². The Morgan fingerprint density at radius 3 is 2.00 bits per heavy atom. The van der Waals surface area contributed by atoms with Crippen LogP contribution < -0.4 is 5.73 Å². The van der Waals surface area contributed by atoms with E-state index in [-0.39, 0.29) is 14.9 Å². The molecule has 3 heteroatoms. The molecule has 0 saturated carbocycles. The van der Waals surface area contributed by atoms with Crippen molar-refractivity contribution in [2.75, 3.05) is 6.61 Å². The van der Waals surface area contributed by atoms with Crippen LogP contribution in [0.4, 0.5) is 4.79 Å². The molecule has 0 aromatic heterocycles. The Morgan fingerprint density at radius 1 is 1.62 bits per heavy atom. The van der Waals surface area contributed by atoms with E-state index in [9.17, 15) is 4.79 Å². The lowest BCUT2D eigenvalue weighted by Gasteiger charge is -1.89. The highest BCUT2D eigenvalue weighted by atomic mass is 16.5. The van der Waals surface area contributed by atoms with Gasteiger partial charge >= 0.3 is 6.09 Å². The second-order valence-corrected chi connectivity index (χ2v) is 0.752. The van der Waals surface area contributed by atoms with Gasteiger partial charge in [-0.1, -0.05) is 0 Å². The highest BCUT2D eigenvalue weighted by molar-refractivity contribution is 5.64. The van der Waals surface area contributed by atoms with E-state index in [0.29, 0.717) is 6.61 Å². The maximum absolute atomic E-state index is 9.60. The van der Waals surface area contributed by atoms with E-state index < -0.39 is 6.09 Å². The summed E-state index contributed by atoms with van der Waals surface area (Å²) in [4.78, 5) is 9.60. The summed E-state index contributed by atoms with van der Waals surface area (Å²) in [5.41, 5.74) is 4.54. The molecule has 8 heavy (non-hydrogen) atoms. The number of hydrogen-bond acceptors (Lipinski definition) is 2. The third-order valence-electron chi connectivity index (χ3n) is 0.287. The zero-order chi connectivity index (χ0) is 4.99. The molecule has 0 aliphatic rings. The molecule has 0 atom stereocenters. The average Bonchev–Trinajstić information content (AvgIpc) is 1.35. The third-order valence-corrected chi connectivity index (χ3v) is 0.287. The lowest BCUT2D eigenvalue weighted by molar-refractivity contribution is 0.163. The van der Waals surface area contributed by atoms with Gasteiger partial charge in [0.2, 0.25) is 0 Å². The lowest BCUT2D eigenvalue weighted by atomic mass is 10.9. The first kappa shape index (κ1) is 15.7. The summed E-state index contributed by atoms with van der Waals surface area (Å²) in [5, 5.41) is 0. The van der Waals surface area contributed by atoms with Gasteiger partial charge in [0, 0.05) is 14.9 Å². The largest absolute Gasteiger partial charge is 0.450 e. The van der Waals surface area contributed by atoms with E-state index in [4.69, 9.17) is 0 Å². The highest BCUT2D eigenvalue weighted by Gasteiger charge is 1.82. The first-order valence-corrected chi connectivity index (χ1v) is 1.69. The summed E-state index contributed by atoms with van der Waals surface area (Å²) < 4.78 is 4.18. The summed E-state index contributed by atoms with van der Waals surface area (Å²) in [7, 11) is 0. The Kier molecular flexibility index (Phi) is 18.7. The molecule has 0 aliphatic heterocycles. The van der Waals surface area contributed by atoms with Gasteiger partial charge in [-0.2, -0.15) is 0 Å². The van der Waals surface area contributed by atoms with Crippen molar-refractivity contribution >= 4 is 6.09 Å². The van der Waals surface area contributed by atoms with Gasteiger partial charge in [0.25, 0.3) is 0 Å². The molecule has 1 amide bonds. The Balaban J connectivity index is -0.000000125. The summed E-state index contributed by atoms with van der Waals surface area (Å²) in [6, 6.07) is 0. The molecule has 8 radical (unpaired) electrons. The van der Waals surface area contributed by atoms with Crippen molar-refractivity contribution in [1.82, 2.24) is 0 Å². The fourth-order valence-electron chi connectivity index (χ4n) is 0.142. The van der Waals surface area contributed by atoms with E-state index in [1.54, 1.807) is 6.92 Å². The molecule has 0 bridgehead atoms. The van der Waals surface area contributed by atoms with E-state index in [1.165, 1.54) is 0 Å². The second-order valence-electron chi connectivity index (χ2n) is 0.752. The molecular formula is C5H7NO2. The number of primary amides is 1. The molecule has 3 nitrogen and oxygen atoms in total. The van der Waals surface area contributed by atoms with Crippen molar-refractivity contribution in [3.8, 4) is 0 Å². The predicted molar refractivity (Wildman–Crippen MR) is 27.7 cm³/mol. The molecule has 0 aliphatic carbocycles. The topological polar surface area (TPSA) is 52.3 Å². The smallest absolute Gasteiger partial charge is 0.404 e. The van der Waals surface area contributed by atoms with Crippen LogP contribution in [0.3, 0.4) is 0 Å². The first-order chi connectivity index (χ1) is 2.77. The molecule has 0 heterocycles. The highest BCUT2D eigenvalue weighted by Crippen LogP contribution is 1.66. The van der Waals surface area contributed by atoms with Crippen LogP contribution in [0, 0.1) is 14.9 Å². The van der Waals surface area contributed by atoms with E-state index in [1.807, 2.05) is 0 Å². The molecule has 0 fully saturated rings. The van der Waals surface area contributed by atoms with Crippen LogP contribution in [0.25, 0.3) is 0 Å². The Morgan fingerprint density at radius 2 is 2.00 bits per heavy atom. The zero-order valence-corrected chi connectivity index (χ0v) is 4.60. The molecule has 0 rings (SSSR count). The number of rotatable bonds is 1. The zero-order valence-electron chi connectivity index (χ0n) is 4.60. The summed E-state index contributed by atoms with van der Waals surface area (Å²) in [6.45, 7) is 2.06. The van der Waals surface area contributed by atoms with Crippen LogP contribution >= 0.6 is 0 Å². The number of amides is 1. The van der Waals surface area contributed by atoms with Crippen molar-refractivity contribution in [2.45, 2.75) is 6.92 Å². The molecule has 0 aromatic rings. The lowest BCUT2D eigenvalue weighted by Crippen LogP contribution is -2.11. The molecular weight excluding hydrogens is 106 g/mol. The normalized spacial score (nSPS) is 5.62. The molecule has 44 valence electrons. The predicted octanol–water partition coefficient (Wildman–Crippen LogP) is 0.264. The van der Waals surface area contributed by atoms with Crippen LogP contribution in [0.1, 0.15) is 6.92 Å². The maximum atomic E-state index is 9.60. The van der Waals surface area contributed by atoms with Crippen LogP contribution in [0.2, 0.25) is 0 Å². The Labute approximate surface area is 50.8 Å². The molecule has 2 N–H and O–H groups in total. The van der Waals surface area contributed by atoms with Crippen molar-refractivity contribution in [1.29, 1.82) is 0 Å². The monoisotopic (exact) mass is 113 g/mol. The molecule has 0 aromatic carbocycles.